The predicted octanol–water partition coefficient (Wildman–Crippen LogP) is 3.97. The second kappa shape index (κ2) is 5.16. The van der Waals surface area contributed by atoms with Crippen LogP contribution in [0.5, 0.6) is 5.75 Å². The first-order valence-electron chi connectivity index (χ1n) is 6.51. The average Bonchev–Trinajstić information content (AvgIpc) is 2.83. The first-order chi connectivity index (χ1) is 8.94. The number of ether oxygens (including phenoxy) is 1. The normalized spacial score (nSPS) is 17.5. The summed E-state index contributed by atoms with van der Waals surface area (Å²) in [5.41, 5.74) is 2.02. The molecule has 1 fully saturated rings. The first kappa shape index (κ1) is 14.4. The molecule has 3 nitrogen and oxygen atoms in total. The molecular formula is C15H19BrO3. The lowest BCUT2D eigenvalue weighted by Crippen LogP contribution is -2.34. The highest BCUT2D eigenvalue weighted by molar-refractivity contribution is 9.10. The van der Waals surface area contributed by atoms with Gasteiger partial charge in [-0.15, -0.1) is 0 Å². The van der Waals surface area contributed by atoms with Gasteiger partial charge in [-0.25, -0.2) is 0 Å². The molecule has 19 heavy (non-hydrogen) atoms. The van der Waals surface area contributed by atoms with Crippen molar-refractivity contribution in [3.8, 4) is 5.75 Å². The van der Waals surface area contributed by atoms with Crippen LogP contribution < -0.4 is 4.74 Å². The Balaban J connectivity index is 2.76. The summed E-state index contributed by atoms with van der Waals surface area (Å²) >= 11 is 3.53. The minimum absolute atomic E-state index is 0.690. The maximum atomic E-state index is 11.9. The van der Waals surface area contributed by atoms with Crippen LogP contribution in [0, 0.1) is 13.8 Å². The van der Waals surface area contributed by atoms with E-state index >= 15 is 0 Å². The van der Waals surface area contributed by atoms with Gasteiger partial charge in [-0.05, 0) is 43.9 Å². The molecule has 1 N–H and O–H groups in total. The molecule has 0 saturated heterocycles. The Morgan fingerprint density at radius 2 is 1.95 bits per heavy atom. The summed E-state index contributed by atoms with van der Waals surface area (Å²) in [7, 11) is 1.61. The molecule has 1 aliphatic carbocycles. The number of carbonyl (C=O) groups is 1. The molecule has 2 rings (SSSR count). The standard InChI is InChI=1S/C15H19BrO3/c1-9-8-11(16)10(2)12(13(9)19-3)15(14(17)18)6-4-5-7-15/h8H,4-7H2,1-3H3,(H,17,18). The second-order valence-electron chi connectivity index (χ2n) is 5.30. The molecule has 0 bridgehead atoms. The zero-order valence-electron chi connectivity index (χ0n) is 11.5. The monoisotopic (exact) mass is 326 g/mol. The van der Waals surface area contributed by atoms with E-state index < -0.39 is 11.4 Å². The molecule has 0 atom stereocenters. The van der Waals surface area contributed by atoms with Gasteiger partial charge in [-0.3, -0.25) is 4.79 Å². The minimum atomic E-state index is -0.788. The smallest absolute Gasteiger partial charge is 0.314 e. The molecule has 1 aromatic carbocycles. The van der Waals surface area contributed by atoms with E-state index in [1.807, 2.05) is 19.9 Å². The molecule has 1 aliphatic rings. The summed E-state index contributed by atoms with van der Waals surface area (Å²) in [5.74, 6) is -0.00565. The van der Waals surface area contributed by atoms with Crippen LogP contribution >= 0.6 is 15.9 Å². The van der Waals surface area contributed by atoms with Gasteiger partial charge >= 0.3 is 5.97 Å². The Kier molecular flexibility index (Phi) is 3.90. The lowest BCUT2D eigenvalue weighted by molar-refractivity contribution is -0.143. The largest absolute Gasteiger partial charge is 0.496 e. The number of aliphatic carboxylic acids is 1. The average molecular weight is 327 g/mol. The molecule has 104 valence electrons. The lowest BCUT2D eigenvalue weighted by Gasteiger charge is -2.29. The van der Waals surface area contributed by atoms with Gasteiger partial charge in [0.15, 0.2) is 0 Å². The third-order valence-electron chi connectivity index (χ3n) is 4.21. The Morgan fingerprint density at radius 1 is 1.37 bits per heavy atom. The van der Waals surface area contributed by atoms with E-state index in [1.165, 1.54) is 0 Å². The highest BCUT2D eigenvalue weighted by Crippen LogP contribution is 2.48. The van der Waals surface area contributed by atoms with Crippen LogP contribution in [0.25, 0.3) is 0 Å². The maximum absolute atomic E-state index is 11.9. The van der Waals surface area contributed by atoms with Crippen molar-refractivity contribution in [3.63, 3.8) is 0 Å². The third kappa shape index (κ3) is 2.16. The van der Waals surface area contributed by atoms with Gasteiger partial charge in [-0.1, -0.05) is 28.8 Å². The zero-order chi connectivity index (χ0) is 14.2. The second-order valence-corrected chi connectivity index (χ2v) is 6.16. The van der Waals surface area contributed by atoms with Gasteiger partial charge in [0.2, 0.25) is 0 Å². The van der Waals surface area contributed by atoms with E-state index in [9.17, 15) is 9.90 Å². The van der Waals surface area contributed by atoms with E-state index in [2.05, 4.69) is 15.9 Å². The van der Waals surface area contributed by atoms with Gasteiger partial charge in [0.05, 0.1) is 12.5 Å². The number of hydrogen-bond donors (Lipinski definition) is 1. The molecule has 0 amide bonds. The Bertz CT molecular complexity index is 517. The van der Waals surface area contributed by atoms with E-state index in [-0.39, 0.29) is 0 Å². The Morgan fingerprint density at radius 3 is 2.42 bits per heavy atom. The van der Waals surface area contributed by atoms with Gasteiger partial charge in [0.25, 0.3) is 0 Å². The summed E-state index contributed by atoms with van der Waals surface area (Å²) < 4.78 is 6.47. The highest BCUT2D eigenvalue weighted by Gasteiger charge is 2.46. The molecule has 0 spiro atoms. The van der Waals surface area contributed by atoms with Crippen molar-refractivity contribution in [1.29, 1.82) is 0 Å². The van der Waals surface area contributed by atoms with E-state index in [0.717, 1.165) is 39.8 Å². The van der Waals surface area contributed by atoms with E-state index in [0.29, 0.717) is 12.8 Å². The van der Waals surface area contributed by atoms with Crippen molar-refractivity contribution < 1.29 is 14.6 Å². The van der Waals surface area contributed by atoms with Crippen LogP contribution in [0.2, 0.25) is 0 Å². The van der Waals surface area contributed by atoms with Crippen LogP contribution in [0.3, 0.4) is 0 Å². The topological polar surface area (TPSA) is 46.5 Å². The molecule has 0 aromatic heterocycles. The number of carboxylic acid groups (broad SMARTS) is 1. The summed E-state index contributed by atoms with van der Waals surface area (Å²) in [6, 6.07) is 1.99. The molecule has 0 radical (unpaired) electrons. The number of carboxylic acids is 1. The number of rotatable bonds is 3. The number of aryl methyl sites for hydroxylation is 1. The Labute approximate surface area is 122 Å². The Hall–Kier alpha value is -1.03. The molecule has 4 heteroatoms. The van der Waals surface area contributed by atoms with Crippen LogP contribution in [-0.2, 0) is 10.2 Å². The lowest BCUT2D eigenvalue weighted by atomic mass is 9.75. The molecular weight excluding hydrogens is 308 g/mol. The highest BCUT2D eigenvalue weighted by atomic mass is 79.9. The maximum Gasteiger partial charge on any atom is 0.314 e. The van der Waals surface area contributed by atoms with Crippen molar-refractivity contribution in [1.82, 2.24) is 0 Å². The summed E-state index contributed by atoms with van der Waals surface area (Å²) in [5, 5.41) is 9.77. The minimum Gasteiger partial charge on any atom is -0.496 e. The van der Waals surface area contributed by atoms with E-state index in [4.69, 9.17) is 4.74 Å². The van der Waals surface area contributed by atoms with Gasteiger partial charge < -0.3 is 9.84 Å². The number of hydrogen-bond acceptors (Lipinski definition) is 2. The van der Waals surface area contributed by atoms with Crippen molar-refractivity contribution in [3.05, 3.63) is 27.2 Å². The number of halogens is 1. The summed E-state index contributed by atoms with van der Waals surface area (Å²) in [6.07, 6.45) is 3.30. The molecule has 1 saturated carbocycles. The molecule has 0 heterocycles. The van der Waals surface area contributed by atoms with Gasteiger partial charge in [0.1, 0.15) is 5.75 Å². The van der Waals surface area contributed by atoms with Crippen molar-refractivity contribution in [2.75, 3.05) is 7.11 Å². The number of methoxy groups -OCH3 is 1. The summed E-state index contributed by atoms with van der Waals surface area (Å²) in [4.78, 5) is 11.9. The fourth-order valence-corrected chi connectivity index (χ4v) is 3.78. The summed E-state index contributed by atoms with van der Waals surface area (Å²) in [6.45, 7) is 3.92. The van der Waals surface area contributed by atoms with E-state index in [1.54, 1.807) is 7.11 Å². The van der Waals surface area contributed by atoms with Gasteiger partial charge in [0, 0.05) is 10.0 Å². The third-order valence-corrected chi connectivity index (χ3v) is 5.03. The zero-order valence-corrected chi connectivity index (χ0v) is 13.1. The molecule has 0 aliphatic heterocycles. The fraction of sp³-hybridized carbons (Fsp3) is 0.533. The number of benzene rings is 1. The van der Waals surface area contributed by atoms with Crippen LogP contribution in [0.1, 0.15) is 42.4 Å². The first-order valence-corrected chi connectivity index (χ1v) is 7.31. The van der Waals surface area contributed by atoms with Crippen LogP contribution in [0.15, 0.2) is 10.5 Å². The SMILES string of the molecule is COc1c(C)cc(Br)c(C)c1C1(C(=O)O)CCCC1. The quantitative estimate of drug-likeness (QED) is 0.914. The fourth-order valence-electron chi connectivity index (χ4n) is 3.24. The van der Waals surface area contributed by atoms with Crippen LogP contribution in [-0.4, -0.2) is 18.2 Å². The van der Waals surface area contributed by atoms with Crippen LogP contribution in [0.4, 0.5) is 0 Å². The van der Waals surface area contributed by atoms with Gasteiger partial charge in [-0.2, -0.15) is 0 Å². The predicted molar refractivity (Wildman–Crippen MR) is 77.9 cm³/mol. The van der Waals surface area contributed by atoms with Crippen molar-refractivity contribution >= 4 is 21.9 Å². The molecule has 0 unspecified atom stereocenters. The van der Waals surface area contributed by atoms with Crippen molar-refractivity contribution in [2.45, 2.75) is 44.9 Å². The molecule has 1 aromatic rings. The van der Waals surface area contributed by atoms with Crippen molar-refractivity contribution in [2.24, 2.45) is 0 Å².